The first kappa shape index (κ1) is 12.8. The van der Waals surface area contributed by atoms with Gasteiger partial charge < -0.3 is 13.9 Å². The Morgan fingerprint density at radius 3 is 2.90 bits per heavy atom. The molecule has 0 saturated carbocycles. The number of hydrogen-bond donors (Lipinski definition) is 1. The van der Waals surface area contributed by atoms with Gasteiger partial charge in [-0.1, -0.05) is 30.0 Å². The van der Waals surface area contributed by atoms with E-state index in [9.17, 15) is 9.90 Å². The number of carbonyl (C=O) groups is 1. The van der Waals surface area contributed by atoms with E-state index in [1.807, 2.05) is 25.1 Å². The molecular weight excluding hydrogens is 278 g/mol. The lowest BCUT2D eigenvalue weighted by Crippen LogP contribution is -1.97. The number of aromatic carboxylic acids is 1. The highest BCUT2D eigenvalue weighted by molar-refractivity contribution is 7.98. The maximum atomic E-state index is 11.3. The van der Waals surface area contributed by atoms with E-state index in [0.29, 0.717) is 22.1 Å². The van der Waals surface area contributed by atoms with Crippen LogP contribution >= 0.6 is 11.8 Å². The first-order valence-corrected chi connectivity index (χ1v) is 6.92. The maximum absolute atomic E-state index is 11.3. The molecule has 1 N–H and O–H groups in total. The van der Waals surface area contributed by atoms with Crippen LogP contribution in [-0.4, -0.2) is 16.1 Å². The van der Waals surface area contributed by atoms with Gasteiger partial charge >= 0.3 is 5.97 Å². The van der Waals surface area contributed by atoms with Crippen LogP contribution in [0.25, 0.3) is 11.0 Å². The minimum absolute atomic E-state index is 0.0259. The summed E-state index contributed by atoms with van der Waals surface area (Å²) in [7, 11) is 0. The molecule has 3 aromatic rings. The van der Waals surface area contributed by atoms with Gasteiger partial charge in [-0.25, -0.2) is 9.78 Å². The Bertz CT molecular complexity index is 774. The molecule has 0 spiro atoms. The lowest BCUT2D eigenvalue weighted by Gasteiger charge is -1.97. The zero-order valence-electron chi connectivity index (χ0n) is 10.6. The number of nitrogens with zero attached hydrogens (tertiary/aromatic N) is 1. The number of carboxylic acid groups (broad SMARTS) is 1. The molecule has 2 heterocycles. The third-order valence-electron chi connectivity index (χ3n) is 2.83. The lowest BCUT2D eigenvalue weighted by atomic mass is 10.1. The van der Waals surface area contributed by atoms with Crippen molar-refractivity contribution in [1.82, 2.24) is 4.98 Å². The number of oxazole rings is 1. The minimum Gasteiger partial charge on any atom is -0.475 e. The molecule has 0 aliphatic rings. The molecule has 0 amide bonds. The third-order valence-corrected chi connectivity index (χ3v) is 3.70. The van der Waals surface area contributed by atoms with E-state index in [2.05, 4.69) is 4.98 Å². The molecule has 1 aromatic carbocycles. The molecule has 3 rings (SSSR count). The number of aryl methyl sites for hydroxylation is 1. The summed E-state index contributed by atoms with van der Waals surface area (Å²) in [5.41, 5.74) is 2.01. The van der Waals surface area contributed by atoms with E-state index in [4.69, 9.17) is 8.83 Å². The molecule has 6 heteroatoms. The zero-order valence-corrected chi connectivity index (χ0v) is 11.4. The van der Waals surface area contributed by atoms with Crippen molar-refractivity contribution in [2.75, 3.05) is 0 Å². The van der Waals surface area contributed by atoms with E-state index in [1.165, 1.54) is 11.8 Å². The zero-order chi connectivity index (χ0) is 14.1. The average Bonchev–Trinajstić information content (AvgIpc) is 3.00. The largest absolute Gasteiger partial charge is 0.475 e. The van der Waals surface area contributed by atoms with Crippen molar-refractivity contribution in [2.45, 2.75) is 17.9 Å². The fraction of sp³-hybridized carbons (Fsp3) is 0.143. The first-order valence-electron chi connectivity index (χ1n) is 5.94. The molecule has 0 fully saturated rings. The second-order valence-corrected chi connectivity index (χ2v) is 5.18. The minimum atomic E-state index is -1.07. The lowest BCUT2D eigenvalue weighted by molar-refractivity contribution is 0.0664. The summed E-state index contributed by atoms with van der Waals surface area (Å²) in [5.74, 6) is -0.666. The number of rotatable bonds is 4. The molecule has 0 saturated heterocycles. The van der Waals surface area contributed by atoms with Crippen LogP contribution in [0.3, 0.4) is 0 Å². The SMILES string of the molecule is Cc1coc(SCc2c(C(=O)O)oc3ccccc23)n1. The molecule has 0 unspecified atom stereocenters. The van der Waals surface area contributed by atoms with Crippen LogP contribution in [0.15, 0.2) is 44.6 Å². The standard InChI is InChI=1S/C14H11NO4S/c1-8-6-18-14(15-8)20-7-10-9-4-2-3-5-11(9)19-12(10)13(16)17/h2-6H,7H2,1H3,(H,16,17). The summed E-state index contributed by atoms with van der Waals surface area (Å²) in [6.07, 6.45) is 1.56. The predicted molar refractivity (Wildman–Crippen MR) is 74.0 cm³/mol. The van der Waals surface area contributed by atoms with Crippen LogP contribution < -0.4 is 0 Å². The van der Waals surface area contributed by atoms with E-state index < -0.39 is 5.97 Å². The van der Waals surface area contributed by atoms with E-state index in [-0.39, 0.29) is 5.76 Å². The van der Waals surface area contributed by atoms with Crippen LogP contribution in [0.5, 0.6) is 0 Å². The van der Waals surface area contributed by atoms with E-state index in [1.54, 1.807) is 12.3 Å². The third kappa shape index (κ3) is 2.30. The maximum Gasteiger partial charge on any atom is 0.372 e. The Labute approximate surface area is 118 Å². The van der Waals surface area contributed by atoms with Gasteiger partial charge in [0, 0.05) is 16.7 Å². The number of hydrogen-bond acceptors (Lipinski definition) is 5. The Balaban J connectivity index is 1.96. The summed E-state index contributed by atoms with van der Waals surface area (Å²) in [4.78, 5) is 15.4. The average molecular weight is 289 g/mol. The Morgan fingerprint density at radius 2 is 2.20 bits per heavy atom. The van der Waals surface area contributed by atoms with Crippen molar-refractivity contribution >= 4 is 28.7 Å². The Kier molecular flexibility index (Phi) is 3.23. The van der Waals surface area contributed by atoms with E-state index in [0.717, 1.165) is 11.1 Å². The summed E-state index contributed by atoms with van der Waals surface area (Å²) in [5, 5.41) is 10.5. The fourth-order valence-electron chi connectivity index (χ4n) is 1.95. The van der Waals surface area contributed by atoms with Crippen LogP contribution in [0.1, 0.15) is 21.8 Å². The van der Waals surface area contributed by atoms with Crippen molar-refractivity contribution in [1.29, 1.82) is 0 Å². The van der Waals surface area contributed by atoms with Gasteiger partial charge in [-0.15, -0.1) is 0 Å². The number of carboxylic acids is 1. The van der Waals surface area contributed by atoms with Crippen molar-refractivity contribution in [3.63, 3.8) is 0 Å². The molecule has 0 aliphatic carbocycles. The molecule has 0 radical (unpaired) electrons. The number of aromatic nitrogens is 1. The van der Waals surface area contributed by atoms with Gasteiger partial charge in [0.2, 0.25) is 5.76 Å². The number of fused-ring (bicyclic) bond motifs is 1. The second-order valence-electron chi connectivity index (χ2n) is 4.25. The van der Waals surface area contributed by atoms with Crippen molar-refractivity contribution in [3.8, 4) is 0 Å². The highest BCUT2D eigenvalue weighted by Crippen LogP contribution is 2.31. The van der Waals surface area contributed by atoms with Crippen LogP contribution in [0.4, 0.5) is 0 Å². The number of thioether (sulfide) groups is 1. The van der Waals surface area contributed by atoms with Gasteiger partial charge in [-0.3, -0.25) is 0 Å². The molecule has 5 nitrogen and oxygen atoms in total. The van der Waals surface area contributed by atoms with Gasteiger partial charge in [0.05, 0.1) is 5.69 Å². The number of para-hydroxylation sites is 1. The number of furan rings is 1. The fourth-order valence-corrected chi connectivity index (χ4v) is 2.83. The van der Waals surface area contributed by atoms with E-state index >= 15 is 0 Å². The van der Waals surface area contributed by atoms with Crippen molar-refractivity contribution in [3.05, 3.63) is 47.5 Å². The van der Waals surface area contributed by atoms with Crippen molar-refractivity contribution < 1.29 is 18.7 Å². The smallest absolute Gasteiger partial charge is 0.372 e. The highest BCUT2D eigenvalue weighted by atomic mass is 32.2. The molecular formula is C14H11NO4S. The van der Waals surface area contributed by atoms with Crippen molar-refractivity contribution in [2.24, 2.45) is 0 Å². The second kappa shape index (κ2) is 5.05. The topological polar surface area (TPSA) is 76.5 Å². The summed E-state index contributed by atoms with van der Waals surface area (Å²) < 4.78 is 10.6. The molecule has 0 atom stereocenters. The Hall–Kier alpha value is -2.21. The summed E-state index contributed by atoms with van der Waals surface area (Å²) in [6.45, 7) is 1.84. The first-order chi connectivity index (χ1) is 9.65. The van der Waals surface area contributed by atoms with Crippen LogP contribution in [0, 0.1) is 6.92 Å². The monoisotopic (exact) mass is 289 g/mol. The summed E-state index contributed by atoms with van der Waals surface area (Å²) in [6, 6.07) is 7.27. The highest BCUT2D eigenvalue weighted by Gasteiger charge is 2.20. The molecule has 0 bridgehead atoms. The van der Waals surface area contributed by atoms with Gasteiger partial charge in [-0.2, -0.15) is 0 Å². The summed E-state index contributed by atoms with van der Waals surface area (Å²) >= 11 is 1.34. The van der Waals surface area contributed by atoms with Gasteiger partial charge in [0.1, 0.15) is 11.8 Å². The molecule has 20 heavy (non-hydrogen) atoms. The quantitative estimate of drug-likeness (QED) is 0.738. The molecule has 2 aromatic heterocycles. The van der Waals surface area contributed by atoms with Gasteiger partial charge in [-0.05, 0) is 13.0 Å². The van der Waals surface area contributed by atoms with Gasteiger partial charge in [0.25, 0.3) is 5.22 Å². The predicted octanol–water partition coefficient (Wildman–Crippen LogP) is 3.72. The molecule has 102 valence electrons. The van der Waals surface area contributed by atoms with Gasteiger partial charge in [0.15, 0.2) is 0 Å². The van der Waals surface area contributed by atoms with Crippen LogP contribution in [0.2, 0.25) is 0 Å². The van der Waals surface area contributed by atoms with Crippen LogP contribution in [-0.2, 0) is 5.75 Å². The Morgan fingerprint density at radius 1 is 1.40 bits per heavy atom. The normalized spacial score (nSPS) is 11.1. The number of benzene rings is 1. The molecule has 0 aliphatic heterocycles.